The van der Waals surface area contributed by atoms with Crippen molar-refractivity contribution >= 4 is 0 Å². The summed E-state index contributed by atoms with van der Waals surface area (Å²) in [6, 6.07) is 7.67. The molecule has 0 bridgehead atoms. The largest absolute Gasteiger partial charge is 0.497 e. The van der Waals surface area contributed by atoms with E-state index in [1.807, 2.05) is 24.3 Å². The van der Waals surface area contributed by atoms with Crippen molar-refractivity contribution in [1.29, 1.82) is 0 Å². The zero-order valence-electron chi connectivity index (χ0n) is 15.7. The Hall–Kier alpha value is -1.72. The summed E-state index contributed by atoms with van der Waals surface area (Å²) in [6.45, 7) is 6.49. The summed E-state index contributed by atoms with van der Waals surface area (Å²) in [5.74, 6) is 7.46. The first-order chi connectivity index (χ1) is 11.7. The standard InChI is InChI=1S/C22H32O2/c1-5-8-9-10-13-18(11-6-2)21(12-7-3)22(23)19-14-16-20(24-4)17-15-19/h14-17,22-23H,5-9,11-12H2,1-4H3/b21-18-. The van der Waals surface area contributed by atoms with Gasteiger partial charge in [-0.1, -0.05) is 64.0 Å². The molecule has 0 radical (unpaired) electrons. The van der Waals surface area contributed by atoms with Crippen molar-refractivity contribution in [2.75, 3.05) is 7.11 Å². The van der Waals surface area contributed by atoms with Gasteiger partial charge < -0.3 is 9.84 Å². The summed E-state index contributed by atoms with van der Waals surface area (Å²) in [6.07, 6.45) is 6.51. The van der Waals surface area contributed by atoms with Gasteiger partial charge in [0.15, 0.2) is 0 Å². The molecule has 0 aliphatic carbocycles. The smallest absolute Gasteiger partial charge is 0.118 e. The summed E-state index contributed by atoms with van der Waals surface area (Å²) in [5, 5.41) is 10.9. The second-order valence-corrected chi connectivity index (χ2v) is 6.08. The molecule has 0 fully saturated rings. The van der Waals surface area contributed by atoms with Gasteiger partial charge in [-0.05, 0) is 42.5 Å². The predicted octanol–water partition coefficient (Wildman–Crippen LogP) is 5.82. The number of hydrogen-bond acceptors (Lipinski definition) is 2. The second kappa shape index (κ2) is 11.8. The lowest BCUT2D eigenvalue weighted by Crippen LogP contribution is -2.05. The van der Waals surface area contributed by atoms with Crippen LogP contribution in [0.3, 0.4) is 0 Å². The first-order valence-corrected chi connectivity index (χ1v) is 9.20. The molecule has 1 aromatic carbocycles. The number of methoxy groups -OCH3 is 1. The van der Waals surface area contributed by atoms with Crippen molar-refractivity contribution < 1.29 is 9.84 Å². The molecule has 1 aromatic rings. The molecule has 0 aliphatic heterocycles. The van der Waals surface area contributed by atoms with Gasteiger partial charge in [0, 0.05) is 12.0 Å². The van der Waals surface area contributed by atoms with E-state index in [2.05, 4.69) is 32.6 Å². The van der Waals surface area contributed by atoms with Crippen molar-refractivity contribution in [3.8, 4) is 17.6 Å². The lowest BCUT2D eigenvalue weighted by molar-refractivity contribution is 0.209. The van der Waals surface area contributed by atoms with Crippen LogP contribution in [0.15, 0.2) is 35.4 Å². The molecule has 1 atom stereocenters. The van der Waals surface area contributed by atoms with Crippen LogP contribution in [0.5, 0.6) is 5.75 Å². The van der Waals surface area contributed by atoms with Crippen LogP contribution in [-0.4, -0.2) is 12.2 Å². The number of hydrogen-bond donors (Lipinski definition) is 1. The molecule has 0 spiro atoms. The van der Waals surface area contributed by atoms with E-state index in [4.69, 9.17) is 4.74 Å². The Morgan fingerprint density at radius 1 is 1.04 bits per heavy atom. The molecule has 0 saturated carbocycles. The zero-order chi connectivity index (χ0) is 17.8. The first kappa shape index (κ1) is 20.3. The lowest BCUT2D eigenvalue weighted by atomic mass is 9.91. The van der Waals surface area contributed by atoms with Crippen molar-refractivity contribution in [3.63, 3.8) is 0 Å². The van der Waals surface area contributed by atoms with Crippen molar-refractivity contribution in [2.45, 2.75) is 71.8 Å². The van der Waals surface area contributed by atoms with Gasteiger partial charge in [-0.25, -0.2) is 0 Å². The number of unbranched alkanes of at least 4 members (excludes halogenated alkanes) is 2. The molecule has 0 amide bonds. The van der Waals surface area contributed by atoms with E-state index in [0.29, 0.717) is 0 Å². The zero-order valence-corrected chi connectivity index (χ0v) is 15.7. The fraction of sp³-hybridized carbons (Fsp3) is 0.545. The van der Waals surface area contributed by atoms with Gasteiger partial charge in [-0.3, -0.25) is 0 Å². The molecule has 0 saturated heterocycles. The van der Waals surface area contributed by atoms with E-state index in [9.17, 15) is 5.11 Å². The summed E-state index contributed by atoms with van der Waals surface area (Å²) in [4.78, 5) is 0. The normalized spacial score (nSPS) is 12.9. The number of rotatable bonds is 9. The highest BCUT2D eigenvalue weighted by Crippen LogP contribution is 2.30. The minimum Gasteiger partial charge on any atom is -0.497 e. The van der Waals surface area contributed by atoms with Crippen LogP contribution in [0.2, 0.25) is 0 Å². The average molecular weight is 328 g/mol. The van der Waals surface area contributed by atoms with Gasteiger partial charge in [-0.2, -0.15) is 0 Å². The molecule has 2 heteroatoms. The van der Waals surface area contributed by atoms with Crippen LogP contribution in [-0.2, 0) is 0 Å². The van der Waals surface area contributed by atoms with E-state index in [1.54, 1.807) is 7.11 Å². The highest BCUT2D eigenvalue weighted by Gasteiger charge is 2.16. The molecule has 0 heterocycles. The van der Waals surface area contributed by atoms with Gasteiger partial charge >= 0.3 is 0 Å². The molecule has 0 aromatic heterocycles. The third-order valence-electron chi connectivity index (χ3n) is 4.06. The minimum atomic E-state index is -0.585. The molecule has 2 nitrogen and oxygen atoms in total. The lowest BCUT2D eigenvalue weighted by Gasteiger charge is -2.18. The summed E-state index contributed by atoms with van der Waals surface area (Å²) >= 11 is 0. The van der Waals surface area contributed by atoms with Crippen molar-refractivity contribution in [1.82, 2.24) is 0 Å². The fourth-order valence-corrected chi connectivity index (χ4v) is 2.70. The Kier molecular flexibility index (Phi) is 9.96. The number of aliphatic hydroxyl groups excluding tert-OH is 1. The first-order valence-electron chi connectivity index (χ1n) is 9.20. The van der Waals surface area contributed by atoms with Gasteiger partial charge in [0.05, 0.1) is 7.11 Å². The molecule has 24 heavy (non-hydrogen) atoms. The van der Waals surface area contributed by atoms with Crippen molar-refractivity contribution in [2.24, 2.45) is 0 Å². The number of benzene rings is 1. The highest BCUT2D eigenvalue weighted by molar-refractivity contribution is 5.40. The highest BCUT2D eigenvalue weighted by atomic mass is 16.5. The van der Waals surface area contributed by atoms with E-state index in [-0.39, 0.29) is 0 Å². The van der Waals surface area contributed by atoms with Gasteiger partial charge in [0.2, 0.25) is 0 Å². The van der Waals surface area contributed by atoms with E-state index in [0.717, 1.165) is 67.4 Å². The number of allylic oxidation sites excluding steroid dienone is 1. The van der Waals surface area contributed by atoms with Crippen LogP contribution in [0.1, 0.15) is 77.4 Å². The molecule has 0 aliphatic rings. The predicted molar refractivity (Wildman–Crippen MR) is 102 cm³/mol. The molecular formula is C22H32O2. The Morgan fingerprint density at radius 3 is 2.25 bits per heavy atom. The quantitative estimate of drug-likeness (QED) is 0.457. The van der Waals surface area contributed by atoms with Crippen LogP contribution in [0.25, 0.3) is 0 Å². The second-order valence-electron chi connectivity index (χ2n) is 6.08. The number of ether oxygens (including phenoxy) is 1. The SMILES string of the molecule is CCCCC#C/C(CCC)=C(/CCC)C(O)c1ccc(OC)cc1. The molecule has 132 valence electrons. The Bertz CT molecular complexity index is 558. The third-order valence-corrected chi connectivity index (χ3v) is 4.06. The minimum absolute atomic E-state index is 0.585. The maximum absolute atomic E-state index is 10.9. The monoisotopic (exact) mass is 328 g/mol. The molecule has 1 N–H and O–H groups in total. The summed E-state index contributed by atoms with van der Waals surface area (Å²) in [5.41, 5.74) is 3.11. The van der Waals surface area contributed by atoms with Gasteiger partial charge in [-0.15, -0.1) is 0 Å². The van der Waals surface area contributed by atoms with Gasteiger partial charge in [0.1, 0.15) is 11.9 Å². The van der Waals surface area contributed by atoms with Crippen molar-refractivity contribution in [3.05, 3.63) is 41.0 Å². The molecular weight excluding hydrogens is 296 g/mol. The fourth-order valence-electron chi connectivity index (χ4n) is 2.70. The van der Waals surface area contributed by atoms with Crippen LogP contribution < -0.4 is 4.74 Å². The Labute approximate surface area is 147 Å². The Balaban J connectivity index is 3.13. The maximum atomic E-state index is 10.9. The van der Waals surface area contributed by atoms with Crippen LogP contribution in [0, 0.1) is 11.8 Å². The van der Waals surface area contributed by atoms with E-state index in [1.165, 1.54) is 0 Å². The third kappa shape index (κ3) is 6.42. The van der Waals surface area contributed by atoms with Gasteiger partial charge in [0.25, 0.3) is 0 Å². The number of aliphatic hydroxyl groups is 1. The summed E-state index contributed by atoms with van der Waals surface area (Å²) < 4.78 is 5.20. The van der Waals surface area contributed by atoms with Crippen LogP contribution >= 0.6 is 0 Å². The topological polar surface area (TPSA) is 29.5 Å². The Morgan fingerprint density at radius 2 is 1.71 bits per heavy atom. The average Bonchev–Trinajstić information content (AvgIpc) is 2.62. The van der Waals surface area contributed by atoms with Crippen LogP contribution in [0.4, 0.5) is 0 Å². The molecule has 1 unspecified atom stereocenters. The van der Waals surface area contributed by atoms with E-state index >= 15 is 0 Å². The molecule has 1 rings (SSSR count). The van der Waals surface area contributed by atoms with E-state index < -0.39 is 6.10 Å². The maximum Gasteiger partial charge on any atom is 0.118 e. The summed E-state index contributed by atoms with van der Waals surface area (Å²) in [7, 11) is 1.65.